The van der Waals surface area contributed by atoms with Gasteiger partial charge in [-0.25, -0.2) is 0 Å². The summed E-state index contributed by atoms with van der Waals surface area (Å²) in [5.74, 6) is 0. The van der Waals surface area contributed by atoms with Crippen molar-refractivity contribution in [2.45, 2.75) is 0 Å². The highest BCUT2D eigenvalue weighted by atomic mass is 15.1. The first kappa shape index (κ1) is 28.3. The lowest BCUT2D eigenvalue weighted by Crippen LogP contribution is -2.10. The summed E-state index contributed by atoms with van der Waals surface area (Å²) < 4.78 is 0. The van der Waals surface area contributed by atoms with Crippen molar-refractivity contribution in [2.24, 2.45) is 0 Å². The Morgan fingerprint density at radius 2 is 0.660 bits per heavy atom. The molecule has 0 fully saturated rings. The quantitative estimate of drug-likeness (QED) is 0.176. The fourth-order valence-corrected chi connectivity index (χ4v) is 6.51. The maximum Gasteiger partial charge on any atom is 0.0467 e. The van der Waals surface area contributed by atoms with Crippen molar-refractivity contribution in [1.29, 1.82) is 0 Å². The highest BCUT2D eigenvalue weighted by Gasteiger charge is 2.16. The molecule has 0 N–H and O–H groups in total. The van der Waals surface area contributed by atoms with Gasteiger partial charge in [-0.15, -0.1) is 0 Å². The first-order valence-corrected chi connectivity index (χ1v) is 16.1. The lowest BCUT2D eigenvalue weighted by atomic mass is 9.94. The molecule has 0 atom stereocenters. The summed E-state index contributed by atoms with van der Waals surface area (Å²) in [6.45, 7) is 0. The Morgan fingerprint density at radius 1 is 0.234 bits per heavy atom. The Hall–Kier alpha value is -6.18. The van der Waals surface area contributed by atoms with Crippen LogP contribution in [0.25, 0.3) is 55.3 Å². The van der Waals surface area contributed by atoms with Gasteiger partial charge in [0.05, 0.1) is 0 Å². The van der Waals surface area contributed by atoms with E-state index in [-0.39, 0.29) is 0 Å². The van der Waals surface area contributed by atoms with Crippen LogP contribution in [0.5, 0.6) is 0 Å². The fourth-order valence-electron chi connectivity index (χ4n) is 6.51. The maximum absolute atomic E-state index is 2.38. The Morgan fingerprint density at radius 3 is 1.30 bits per heavy atom. The van der Waals surface area contributed by atoms with Crippen LogP contribution in [0, 0.1) is 0 Å². The number of rotatable bonds is 7. The van der Waals surface area contributed by atoms with Gasteiger partial charge in [0.1, 0.15) is 0 Å². The second-order valence-corrected chi connectivity index (χ2v) is 11.8. The van der Waals surface area contributed by atoms with Crippen molar-refractivity contribution in [3.63, 3.8) is 0 Å². The number of hydrogen-bond donors (Lipinski definition) is 0. The summed E-state index contributed by atoms with van der Waals surface area (Å²) in [4.78, 5) is 2.38. The predicted molar refractivity (Wildman–Crippen MR) is 200 cm³/mol. The van der Waals surface area contributed by atoms with Crippen LogP contribution in [0.3, 0.4) is 0 Å². The van der Waals surface area contributed by atoms with Crippen LogP contribution >= 0.6 is 0 Å². The van der Waals surface area contributed by atoms with Gasteiger partial charge >= 0.3 is 0 Å². The molecule has 8 aromatic carbocycles. The zero-order valence-corrected chi connectivity index (χ0v) is 26.0. The average molecular weight is 600 g/mol. The summed E-state index contributed by atoms with van der Waals surface area (Å²) in [5.41, 5.74) is 12.9. The average Bonchev–Trinajstić information content (AvgIpc) is 3.16. The maximum atomic E-state index is 2.38. The van der Waals surface area contributed by atoms with Gasteiger partial charge in [-0.05, 0) is 97.7 Å². The summed E-state index contributed by atoms with van der Waals surface area (Å²) in [6.07, 6.45) is 0. The molecular weight excluding hydrogens is 567 g/mol. The van der Waals surface area contributed by atoms with Crippen LogP contribution in [-0.4, -0.2) is 0 Å². The molecular formula is C46H33N. The van der Waals surface area contributed by atoms with Crippen molar-refractivity contribution in [2.75, 3.05) is 4.90 Å². The molecule has 47 heavy (non-hydrogen) atoms. The van der Waals surface area contributed by atoms with E-state index in [1.54, 1.807) is 0 Å². The minimum absolute atomic E-state index is 1.10. The molecule has 1 nitrogen and oxygen atoms in total. The van der Waals surface area contributed by atoms with Crippen molar-refractivity contribution < 1.29 is 0 Å². The molecule has 8 aromatic rings. The molecule has 0 aliphatic carbocycles. The normalized spacial score (nSPS) is 11.0. The summed E-state index contributed by atoms with van der Waals surface area (Å²) in [6, 6.07) is 71.9. The van der Waals surface area contributed by atoms with Crippen LogP contribution in [0.15, 0.2) is 200 Å². The second-order valence-electron chi connectivity index (χ2n) is 11.8. The highest BCUT2D eigenvalue weighted by Crippen LogP contribution is 2.41. The van der Waals surface area contributed by atoms with Crippen LogP contribution in [-0.2, 0) is 0 Å². The highest BCUT2D eigenvalue weighted by molar-refractivity contribution is 5.90. The van der Waals surface area contributed by atoms with E-state index in [2.05, 4.69) is 205 Å². The summed E-state index contributed by atoms with van der Waals surface area (Å²) in [5, 5.41) is 2.49. The third-order valence-corrected chi connectivity index (χ3v) is 8.83. The molecule has 8 rings (SSSR count). The standard InChI is InChI=1S/C46H33N/c1-3-14-34(15-4-1)38-20-11-23-42(31-38)47(43-24-12-21-39(32-43)40-29-28-35-16-7-8-19-37(35)30-40)44-25-13-22-41(33-44)46-27-10-9-26-45(46)36-17-5-2-6-18-36/h1-33H. The number of hydrogen-bond acceptors (Lipinski definition) is 1. The number of benzene rings is 8. The monoisotopic (exact) mass is 599 g/mol. The summed E-state index contributed by atoms with van der Waals surface area (Å²) >= 11 is 0. The van der Waals surface area contributed by atoms with Crippen molar-refractivity contribution in [3.05, 3.63) is 200 Å². The Labute approximate surface area is 276 Å². The van der Waals surface area contributed by atoms with Gasteiger partial charge in [-0.2, -0.15) is 0 Å². The smallest absolute Gasteiger partial charge is 0.0467 e. The van der Waals surface area contributed by atoms with Crippen LogP contribution in [0.2, 0.25) is 0 Å². The van der Waals surface area contributed by atoms with Gasteiger partial charge in [0, 0.05) is 17.1 Å². The van der Waals surface area contributed by atoms with Crippen molar-refractivity contribution in [1.82, 2.24) is 0 Å². The molecule has 0 bridgehead atoms. The molecule has 0 heterocycles. The van der Waals surface area contributed by atoms with E-state index in [9.17, 15) is 0 Å². The number of fused-ring (bicyclic) bond motifs is 1. The van der Waals surface area contributed by atoms with E-state index in [0.29, 0.717) is 0 Å². The zero-order valence-electron chi connectivity index (χ0n) is 26.0. The van der Waals surface area contributed by atoms with Crippen molar-refractivity contribution in [3.8, 4) is 44.5 Å². The Kier molecular flexibility index (Phi) is 7.63. The SMILES string of the molecule is c1ccc(-c2cccc(N(c3cccc(-c4ccc5ccccc5c4)c3)c3cccc(-c4ccccc4-c4ccccc4)c3)c2)cc1. The van der Waals surface area contributed by atoms with Crippen LogP contribution < -0.4 is 4.90 Å². The molecule has 0 radical (unpaired) electrons. The Balaban J connectivity index is 1.28. The molecule has 0 amide bonds. The van der Waals surface area contributed by atoms with E-state index in [1.807, 2.05) is 0 Å². The van der Waals surface area contributed by atoms with Crippen molar-refractivity contribution >= 4 is 27.8 Å². The van der Waals surface area contributed by atoms with E-state index in [1.165, 1.54) is 55.3 Å². The van der Waals surface area contributed by atoms with Gasteiger partial charge in [-0.3, -0.25) is 0 Å². The second kappa shape index (κ2) is 12.7. The molecule has 0 spiro atoms. The summed E-state index contributed by atoms with van der Waals surface area (Å²) in [7, 11) is 0. The van der Waals surface area contributed by atoms with Crippen LogP contribution in [0.1, 0.15) is 0 Å². The molecule has 0 saturated heterocycles. The van der Waals surface area contributed by atoms with Gasteiger partial charge in [0.25, 0.3) is 0 Å². The van der Waals surface area contributed by atoms with E-state index < -0.39 is 0 Å². The van der Waals surface area contributed by atoms with E-state index >= 15 is 0 Å². The first-order chi connectivity index (χ1) is 23.3. The topological polar surface area (TPSA) is 3.24 Å². The van der Waals surface area contributed by atoms with Gasteiger partial charge in [-0.1, -0.05) is 158 Å². The molecule has 1 heteroatoms. The molecule has 0 unspecified atom stereocenters. The van der Waals surface area contributed by atoms with Gasteiger partial charge in [0.15, 0.2) is 0 Å². The zero-order chi connectivity index (χ0) is 31.4. The van der Waals surface area contributed by atoms with E-state index in [4.69, 9.17) is 0 Å². The molecule has 0 aromatic heterocycles. The Bertz CT molecular complexity index is 2300. The predicted octanol–water partition coefficient (Wildman–Crippen LogP) is 13.0. The largest absolute Gasteiger partial charge is 0.310 e. The van der Waals surface area contributed by atoms with Gasteiger partial charge < -0.3 is 4.90 Å². The van der Waals surface area contributed by atoms with Gasteiger partial charge in [0.2, 0.25) is 0 Å². The number of nitrogens with zero attached hydrogens (tertiary/aromatic N) is 1. The molecule has 0 aliphatic rings. The third-order valence-electron chi connectivity index (χ3n) is 8.83. The minimum Gasteiger partial charge on any atom is -0.310 e. The molecule has 0 saturated carbocycles. The third kappa shape index (κ3) is 5.83. The van der Waals surface area contributed by atoms with Crippen LogP contribution in [0.4, 0.5) is 17.1 Å². The lowest BCUT2D eigenvalue weighted by Gasteiger charge is -2.27. The molecule has 222 valence electrons. The minimum atomic E-state index is 1.10. The molecule has 0 aliphatic heterocycles. The first-order valence-electron chi connectivity index (χ1n) is 16.1. The van der Waals surface area contributed by atoms with E-state index in [0.717, 1.165) is 17.1 Å². The fraction of sp³-hybridized carbons (Fsp3) is 0. The number of anilines is 3. The lowest BCUT2D eigenvalue weighted by molar-refractivity contribution is 1.28.